The fourth-order valence-corrected chi connectivity index (χ4v) is 3.76. The van der Waals surface area contributed by atoms with Crippen LogP contribution in [-0.4, -0.2) is 18.4 Å². The molecule has 2 atom stereocenters. The average molecular weight is 386 g/mol. The number of nitriles is 1. The second-order valence-electron chi connectivity index (χ2n) is 7.89. The Morgan fingerprint density at radius 3 is 2.79 bits per heavy atom. The molecular weight excluding hydrogens is 360 g/mol. The van der Waals surface area contributed by atoms with Crippen LogP contribution in [0.4, 0.5) is 5.69 Å². The van der Waals surface area contributed by atoms with Crippen molar-refractivity contribution in [3.63, 3.8) is 0 Å². The predicted octanol–water partition coefficient (Wildman–Crippen LogP) is 5.74. The van der Waals surface area contributed by atoms with Crippen LogP contribution < -0.4 is 9.47 Å². The predicted molar refractivity (Wildman–Crippen MR) is 116 cm³/mol. The van der Waals surface area contributed by atoms with Gasteiger partial charge in [-0.25, -0.2) is 0 Å². The molecule has 2 aromatic rings. The van der Waals surface area contributed by atoms with Crippen LogP contribution in [0, 0.1) is 23.2 Å². The van der Waals surface area contributed by atoms with Crippen molar-refractivity contribution < 1.29 is 9.47 Å². The first-order valence-electron chi connectivity index (χ1n) is 10.3. The second kappa shape index (κ2) is 8.13. The van der Waals surface area contributed by atoms with E-state index in [1.807, 2.05) is 43.3 Å². The average Bonchev–Trinajstić information content (AvgIpc) is 3.59. The highest BCUT2D eigenvalue weighted by Gasteiger charge is 2.44. The number of aliphatic imine (C=N–C) groups is 1. The summed E-state index contributed by atoms with van der Waals surface area (Å²) in [5.74, 6) is 1.85. The number of ether oxygens (including phenoxy) is 2. The van der Waals surface area contributed by atoms with Crippen molar-refractivity contribution in [3.8, 4) is 17.6 Å². The van der Waals surface area contributed by atoms with E-state index >= 15 is 0 Å². The van der Waals surface area contributed by atoms with Gasteiger partial charge in [-0.3, -0.25) is 4.99 Å². The molecule has 0 amide bonds. The third kappa shape index (κ3) is 4.35. The van der Waals surface area contributed by atoms with E-state index in [9.17, 15) is 5.26 Å². The highest BCUT2D eigenvalue weighted by Crippen LogP contribution is 2.48. The summed E-state index contributed by atoms with van der Waals surface area (Å²) in [5.41, 5.74) is 2.66. The molecule has 0 aromatic heterocycles. The van der Waals surface area contributed by atoms with Crippen LogP contribution in [0.1, 0.15) is 37.8 Å². The van der Waals surface area contributed by atoms with Gasteiger partial charge in [-0.05, 0) is 69.0 Å². The van der Waals surface area contributed by atoms with Gasteiger partial charge in [-0.1, -0.05) is 24.3 Å². The van der Waals surface area contributed by atoms with Crippen LogP contribution in [0.5, 0.6) is 11.5 Å². The lowest BCUT2D eigenvalue weighted by Crippen LogP contribution is -2.34. The smallest absolute Gasteiger partial charge is 0.169 e. The Bertz CT molecular complexity index is 970. The molecule has 2 aliphatic rings. The number of benzene rings is 2. The molecule has 1 aliphatic carbocycles. The maximum absolute atomic E-state index is 9.60. The number of para-hydroxylation sites is 1. The lowest BCUT2D eigenvalue weighted by molar-refractivity contribution is 0.107. The molecule has 0 saturated heterocycles. The van der Waals surface area contributed by atoms with Gasteiger partial charge in [0, 0.05) is 17.7 Å². The Balaban J connectivity index is 1.57. The molecule has 0 radical (unpaired) electrons. The zero-order valence-electron chi connectivity index (χ0n) is 17.0. The summed E-state index contributed by atoms with van der Waals surface area (Å²) in [7, 11) is 0. The Morgan fingerprint density at radius 1 is 1.31 bits per heavy atom. The standard InChI is InChI=1S/C25H26N2O2/c1-3-28-23-15-18(13-19(16-26)17-27-22-7-5-4-6-8-22)14-20-11-12-25(2,21-9-10-21)29-24(20)23/h4-8,11-12,14-15,17,19,21H,3,9-10,13H2,1-2H3. The lowest BCUT2D eigenvalue weighted by atomic mass is 9.93. The van der Waals surface area contributed by atoms with Crippen LogP contribution >= 0.6 is 0 Å². The van der Waals surface area contributed by atoms with Gasteiger partial charge in [0.2, 0.25) is 0 Å². The highest BCUT2D eigenvalue weighted by molar-refractivity contribution is 5.70. The minimum atomic E-state index is -0.312. The van der Waals surface area contributed by atoms with Crippen molar-refractivity contribution in [1.29, 1.82) is 5.26 Å². The van der Waals surface area contributed by atoms with Gasteiger partial charge >= 0.3 is 0 Å². The molecule has 4 rings (SSSR count). The van der Waals surface area contributed by atoms with Gasteiger partial charge in [-0.2, -0.15) is 5.26 Å². The normalized spacial score (nSPS) is 21.3. The summed E-state index contributed by atoms with van der Waals surface area (Å²) >= 11 is 0. The van der Waals surface area contributed by atoms with E-state index in [0.717, 1.165) is 28.3 Å². The van der Waals surface area contributed by atoms with E-state index in [0.29, 0.717) is 18.9 Å². The third-order valence-corrected chi connectivity index (χ3v) is 5.53. The van der Waals surface area contributed by atoms with E-state index in [1.165, 1.54) is 12.8 Å². The van der Waals surface area contributed by atoms with Crippen molar-refractivity contribution in [1.82, 2.24) is 0 Å². The monoisotopic (exact) mass is 386 g/mol. The van der Waals surface area contributed by atoms with Gasteiger partial charge < -0.3 is 9.47 Å². The maximum Gasteiger partial charge on any atom is 0.169 e. The van der Waals surface area contributed by atoms with Crippen molar-refractivity contribution in [2.45, 2.75) is 38.7 Å². The number of hydrogen-bond acceptors (Lipinski definition) is 4. The van der Waals surface area contributed by atoms with E-state index in [-0.39, 0.29) is 11.5 Å². The van der Waals surface area contributed by atoms with E-state index < -0.39 is 0 Å². The molecule has 2 unspecified atom stereocenters. The van der Waals surface area contributed by atoms with Crippen molar-refractivity contribution >= 4 is 18.0 Å². The first-order chi connectivity index (χ1) is 14.1. The Kier molecular flexibility index (Phi) is 5.40. The topological polar surface area (TPSA) is 54.6 Å². The summed E-state index contributed by atoms with van der Waals surface area (Å²) in [4.78, 5) is 4.45. The number of fused-ring (bicyclic) bond motifs is 1. The van der Waals surface area contributed by atoms with Crippen LogP contribution in [-0.2, 0) is 6.42 Å². The number of nitrogens with zero attached hydrogens (tertiary/aromatic N) is 2. The molecule has 0 bridgehead atoms. The molecule has 1 aliphatic heterocycles. The molecule has 148 valence electrons. The molecule has 0 N–H and O–H groups in total. The largest absolute Gasteiger partial charge is 0.490 e. The van der Waals surface area contributed by atoms with E-state index in [2.05, 4.69) is 36.2 Å². The SMILES string of the molecule is CCOc1cc(CC(C#N)C=Nc2ccccc2)cc2c1OC(C)(C1CC1)C=C2. The van der Waals surface area contributed by atoms with Crippen molar-refractivity contribution in [3.05, 3.63) is 59.7 Å². The summed E-state index contributed by atoms with van der Waals surface area (Å²) in [5, 5.41) is 9.60. The van der Waals surface area contributed by atoms with Crippen LogP contribution in [0.25, 0.3) is 6.08 Å². The number of hydrogen-bond donors (Lipinski definition) is 0. The van der Waals surface area contributed by atoms with Gasteiger partial charge in [0.1, 0.15) is 5.60 Å². The summed E-state index contributed by atoms with van der Waals surface area (Å²) in [6, 6.07) is 16.1. The van der Waals surface area contributed by atoms with Gasteiger partial charge in [0.15, 0.2) is 11.5 Å². The first kappa shape index (κ1) is 19.3. The summed E-state index contributed by atoms with van der Waals surface area (Å²) < 4.78 is 12.3. The first-order valence-corrected chi connectivity index (χ1v) is 10.3. The Labute approximate surface area is 172 Å². The van der Waals surface area contributed by atoms with Crippen molar-refractivity contribution in [2.24, 2.45) is 16.8 Å². The van der Waals surface area contributed by atoms with Gasteiger partial charge in [0.05, 0.1) is 24.3 Å². The van der Waals surface area contributed by atoms with Crippen molar-refractivity contribution in [2.75, 3.05) is 6.61 Å². The zero-order chi connectivity index (χ0) is 20.3. The molecular formula is C25H26N2O2. The highest BCUT2D eigenvalue weighted by atomic mass is 16.5. The minimum Gasteiger partial charge on any atom is -0.490 e. The Morgan fingerprint density at radius 2 is 2.10 bits per heavy atom. The quantitative estimate of drug-likeness (QED) is 0.570. The fraction of sp³-hybridized carbons (Fsp3) is 0.360. The molecule has 1 fully saturated rings. The molecule has 29 heavy (non-hydrogen) atoms. The second-order valence-corrected chi connectivity index (χ2v) is 7.89. The van der Waals surface area contributed by atoms with Gasteiger partial charge in [0.25, 0.3) is 0 Å². The zero-order valence-corrected chi connectivity index (χ0v) is 17.0. The summed E-state index contributed by atoms with van der Waals surface area (Å²) in [6.45, 7) is 4.70. The number of rotatable bonds is 7. The van der Waals surface area contributed by atoms with E-state index in [4.69, 9.17) is 9.47 Å². The van der Waals surface area contributed by atoms with Crippen LogP contribution in [0.3, 0.4) is 0 Å². The molecule has 1 heterocycles. The fourth-order valence-electron chi connectivity index (χ4n) is 3.76. The van der Waals surface area contributed by atoms with Crippen LogP contribution in [0.15, 0.2) is 53.5 Å². The maximum atomic E-state index is 9.60. The van der Waals surface area contributed by atoms with Gasteiger partial charge in [-0.15, -0.1) is 0 Å². The molecule has 4 heteroatoms. The lowest BCUT2D eigenvalue weighted by Gasteiger charge is -2.33. The molecule has 0 spiro atoms. The van der Waals surface area contributed by atoms with Crippen LogP contribution in [0.2, 0.25) is 0 Å². The third-order valence-electron chi connectivity index (χ3n) is 5.53. The minimum absolute atomic E-state index is 0.252. The molecule has 1 saturated carbocycles. The van der Waals surface area contributed by atoms with E-state index in [1.54, 1.807) is 6.21 Å². The molecule has 2 aromatic carbocycles. The summed E-state index contributed by atoms with van der Waals surface area (Å²) in [6.07, 6.45) is 9.04. The molecule has 4 nitrogen and oxygen atoms in total. The Hall–Kier alpha value is -3.06.